The van der Waals surface area contributed by atoms with Crippen molar-refractivity contribution >= 4 is 17.9 Å². The highest BCUT2D eigenvalue weighted by atomic mass is 16.1. The Morgan fingerprint density at radius 3 is 2.22 bits per heavy atom. The van der Waals surface area contributed by atoms with E-state index in [9.17, 15) is 9.59 Å². The molecular weight excluding hydrogens is 288 g/mol. The van der Waals surface area contributed by atoms with Gasteiger partial charge in [0.2, 0.25) is 5.91 Å². The van der Waals surface area contributed by atoms with Crippen LogP contribution in [-0.4, -0.2) is 31.5 Å². The first-order valence-corrected chi connectivity index (χ1v) is 8.49. The Morgan fingerprint density at radius 2 is 1.61 bits per heavy atom. The van der Waals surface area contributed by atoms with E-state index in [0.717, 1.165) is 31.2 Å². The molecule has 0 atom stereocenters. The fourth-order valence-electron chi connectivity index (χ4n) is 1.96. The van der Waals surface area contributed by atoms with Crippen LogP contribution >= 0.6 is 0 Å². The maximum atomic E-state index is 11.6. The number of unbranched alkanes of at least 4 members (excludes halogenated alkanes) is 3. The molecule has 23 heavy (non-hydrogen) atoms. The van der Waals surface area contributed by atoms with Crippen LogP contribution in [0.3, 0.4) is 0 Å². The fourth-order valence-corrected chi connectivity index (χ4v) is 1.96. The van der Waals surface area contributed by atoms with Crippen molar-refractivity contribution < 1.29 is 9.59 Å². The van der Waals surface area contributed by atoms with E-state index in [1.54, 1.807) is 13.3 Å². The molecule has 0 radical (unpaired) electrons. The second-order valence-corrected chi connectivity index (χ2v) is 5.01. The topological polar surface area (TPSA) is 58.5 Å². The molecular formula is C19H30N2O2. The van der Waals surface area contributed by atoms with Crippen molar-refractivity contribution in [3.05, 3.63) is 35.9 Å². The summed E-state index contributed by atoms with van der Waals surface area (Å²) in [6, 6.07) is 9.76. The molecule has 0 aromatic heterocycles. The van der Waals surface area contributed by atoms with Crippen LogP contribution in [0.15, 0.2) is 35.3 Å². The Bertz CT molecular complexity index is 456. The van der Waals surface area contributed by atoms with Gasteiger partial charge in [0.05, 0.1) is 6.54 Å². The van der Waals surface area contributed by atoms with E-state index in [0.29, 0.717) is 12.8 Å². The predicted molar refractivity (Wildman–Crippen MR) is 97.0 cm³/mol. The Kier molecular flexibility index (Phi) is 13.7. The maximum Gasteiger partial charge on any atom is 0.219 e. The van der Waals surface area contributed by atoms with Gasteiger partial charge in [0, 0.05) is 26.1 Å². The van der Waals surface area contributed by atoms with E-state index in [2.05, 4.69) is 10.3 Å². The molecule has 0 saturated carbocycles. The highest BCUT2D eigenvalue weighted by Crippen LogP contribution is 2.06. The van der Waals surface area contributed by atoms with Crippen LogP contribution in [0.4, 0.5) is 0 Å². The standard InChI is InChI=1S/C17H24N2O2.C2H6/c1-18-17(21)12-8-3-2-7-11-16(20)14-19-13-15-9-5-4-6-10-15;1-2/h4-6,9-10,13H,2-3,7-8,11-12,14H2,1H3,(H,18,21);1-2H3. The number of nitrogens with one attached hydrogen (secondary N) is 1. The van der Waals surface area contributed by atoms with Crippen molar-refractivity contribution in [1.29, 1.82) is 0 Å². The Balaban J connectivity index is 0.00000232. The van der Waals surface area contributed by atoms with Crippen LogP contribution in [0.1, 0.15) is 57.9 Å². The number of nitrogens with zero attached hydrogens (tertiary/aromatic N) is 1. The zero-order valence-electron chi connectivity index (χ0n) is 14.7. The van der Waals surface area contributed by atoms with Crippen LogP contribution in [0.2, 0.25) is 0 Å². The summed E-state index contributed by atoms with van der Waals surface area (Å²) < 4.78 is 0. The van der Waals surface area contributed by atoms with E-state index in [4.69, 9.17) is 0 Å². The smallest absolute Gasteiger partial charge is 0.219 e. The molecule has 4 nitrogen and oxygen atoms in total. The molecule has 4 heteroatoms. The molecule has 0 aliphatic heterocycles. The quantitative estimate of drug-likeness (QED) is 0.527. The third-order valence-corrected chi connectivity index (χ3v) is 3.20. The summed E-state index contributed by atoms with van der Waals surface area (Å²) in [5.74, 6) is 0.259. The molecule has 0 saturated heterocycles. The van der Waals surface area contributed by atoms with Crippen molar-refractivity contribution in [1.82, 2.24) is 5.32 Å². The van der Waals surface area contributed by atoms with E-state index in [1.807, 2.05) is 44.2 Å². The molecule has 1 N–H and O–H groups in total. The van der Waals surface area contributed by atoms with Crippen molar-refractivity contribution in [2.45, 2.75) is 52.4 Å². The lowest BCUT2D eigenvalue weighted by atomic mass is 10.1. The van der Waals surface area contributed by atoms with Gasteiger partial charge in [-0.15, -0.1) is 0 Å². The molecule has 0 unspecified atom stereocenters. The molecule has 0 aliphatic rings. The van der Waals surface area contributed by atoms with Crippen LogP contribution in [-0.2, 0) is 9.59 Å². The predicted octanol–water partition coefficient (Wildman–Crippen LogP) is 3.79. The van der Waals surface area contributed by atoms with Crippen LogP contribution in [0.25, 0.3) is 0 Å². The van der Waals surface area contributed by atoms with Gasteiger partial charge in [0.1, 0.15) is 0 Å². The van der Waals surface area contributed by atoms with Gasteiger partial charge >= 0.3 is 0 Å². The van der Waals surface area contributed by atoms with Gasteiger partial charge in [-0.3, -0.25) is 14.6 Å². The lowest BCUT2D eigenvalue weighted by Gasteiger charge is -2.00. The number of amides is 1. The summed E-state index contributed by atoms with van der Waals surface area (Å²) >= 11 is 0. The summed E-state index contributed by atoms with van der Waals surface area (Å²) in [4.78, 5) is 26.8. The Morgan fingerprint density at radius 1 is 1.00 bits per heavy atom. The fraction of sp³-hybridized carbons (Fsp3) is 0.526. The van der Waals surface area contributed by atoms with E-state index in [-0.39, 0.29) is 18.2 Å². The first-order valence-electron chi connectivity index (χ1n) is 8.49. The second kappa shape index (κ2) is 14.9. The minimum Gasteiger partial charge on any atom is -0.359 e. The van der Waals surface area contributed by atoms with Gasteiger partial charge in [-0.1, -0.05) is 57.0 Å². The van der Waals surface area contributed by atoms with Crippen molar-refractivity contribution in [2.24, 2.45) is 4.99 Å². The molecule has 1 amide bonds. The molecule has 0 bridgehead atoms. The first kappa shape index (κ1) is 21.0. The molecule has 1 rings (SSSR count). The maximum absolute atomic E-state index is 11.6. The third-order valence-electron chi connectivity index (χ3n) is 3.20. The van der Waals surface area contributed by atoms with Gasteiger partial charge in [0.25, 0.3) is 0 Å². The minimum absolute atomic E-state index is 0.0846. The summed E-state index contributed by atoms with van der Waals surface area (Å²) in [5, 5.41) is 2.60. The summed E-state index contributed by atoms with van der Waals surface area (Å²) in [6.45, 7) is 4.26. The molecule has 1 aromatic carbocycles. The Hall–Kier alpha value is -1.97. The SMILES string of the molecule is CC.CNC(=O)CCCCCCC(=O)CN=Cc1ccccc1. The molecule has 0 spiro atoms. The molecule has 1 aromatic rings. The molecule has 0 aliphatic carbocycles. The number of aliphatic imine (C=N–C) groups is 1. The number of Topliss-reactive ketones (excluding diaryl/α,β-unsaturated/α-hetero) is 1. The van der Waals surface area contributed by atoms with E-state index >= 15 is 0 Å². The van der Waals surface area contributed by atoms with Gasteiger partial charge < -0.3 is 5.32 Å². The highest BCUT2D eigenvalue weighted by Gasteiger charge is 2.01. The molecule has 0 heterocycles. The number of hydrogen-bond acceptors (Lipinski definition) is 3. The van der Waals surface area contributed by atoms with Crippen LogP contribution in [0.5, 0.6) is 0 Å². The van der Waals surface area contributed by atoms with Gasteiger partial charge in [-0.25, -0.2) is 0 Å². The number of rotatable bonds is 10. The van der Waals surface area contributed by atoms with Gasteiger partial charge in [-0.05, 0) is 18.4 Å². The number of carbonyl (C=O) groups excluding carboxylic acids is 2. The number of ketones is 1. The lowest BCUT2D eigenvalue weighted by molar-refractivity contribution is -0.121. The van der Waals surface area contributed by atoms with Gasteiger partial charge in [-0.2, -0.15) is 0 Å². The normalized spacial score (nSPS) is 10.0. The monoisotopic (exact) mass is 318 g/mol. The van der Waals surface area contributed by atoms with Crippen molar-refractivity contribution in [3.63, 3.8) is 0 Å². The number of benzene rings is 1. The van der Waals surface area contributed by atoms with Crippen LogP contribution in [0, 0.1) is 0 Å². The average molecular weight is 318 g/mol. The summed E-state index contributed by atoms with van der Waals surface area (Å²) in [6.07, 6.45) is 6.64. The average Bonchev–Trinajstić information content (AvgIpc) is 2.60. The van der Waals surface area contributed by atoms with E-state index < -0.39 is 0 Å². The van der Waals surface area contributed by atoms with Crippen molar-refractivity contribution in [3.8, 4) is 0 Å². The van der Waals surface area contributed by atoms with Crippen molar-refractivity contribution in [2.75, 3.05) is 13.6 Å². The zero-order chi connectivity index (χ0) is 17.3. The first-order chi connectivity index (χ1) is 11.2. The lowest BCUT2D eigenvalue weighted by Crippen LogP contribution is -2.16. The summed E-state index contributed by atoms with van der Waals surface area (Å²) in [5.41, 5.74) is 1.01. The number of hydrogen-bond donors (Lipinski definition) is 1. The zero-order valence-corrected chi connectivity index (χ0v) is 14.7. The molecule has 0 fully saturated rings. The third kappa shape index (κ3) is 12.3. The van der Waals surface area contributed by atoms with Gasteiger partial charge in [0.15, 0.2) is 5.78 Å². The Labute approximate surface area is 140 Å². The van der Waals surface area contributed by atoms with E-state index in [1.165, 1.54) is 0 Å². The van der Waals surface area contributed by atoms with Crippen LogP contribution < -0.4 is 5.32 Å². The number of carbonyl (C=O) groups is 2. The highest BCUT2D eigenvalue weighted by molar-refractivity contribution is 5.85. The largest absolute Gasteiger partial charge is 0.359 e. The summed E-state index contributed by atoms with van der Waals surface area (Å²) in [7, 11) is 1.65. The second-order valence-electron chi connectivity index (χ2n) is 5.01. The minimum atomic E-state index is 0.0846. The molecule has 128 valence electrons.